The van der Waals surface area contributed by atoms with E-state index in [1.807, 2.05) is 30.3 Å². The Hall–Kier alpha value is -4.00. The predicted octanol–water partition coefficient (Wildman–Crippen LogP) is 3.15. The summed E-state index contributed by atoms with van der Waals surface area (Å²) in [4.78, 5) is 34.6. The van der Waals surface area contributed by atoms with Crippen LogP contribution in [-0.2, 0) is 6.42 Å². The molecule has 156 valence electrons. The highest BCUT2D eigenvalue weighted by Crippen LogP contribution is 2.17. The van der Waals surface area contributed by atoms with E-state index in [1.165, 1.54) is 10.1 Å². The SMILES string of the molecule is COc1ccc(-n2c(=O)c(C(=O)NCCCc3ccccc3)nc3cccnc32)cc1. The van der Waals surface area contributed by atoms with E-state index in [1.54, 1.807) is 49.7 Å². The lowest BCUT2D eigenvalue weighted by Gasteiger charge is -2.12. The maximum absolute atomic E-state index is 13.2. The molecule has 0 saturated heterocycles. The molecule has 2 heterocycles. The number of aromatic nitrogens is 3. The molecule has 7 nitrogen and oxygen atoms in total. The van der Waals surface area contributed by atoms with Crippen LogP contribution in [0.25, 0.3) is 16.9 Å². The molecule has 0 spiro atoms. The van der Waals surface area contributed by atoms with Gasteiger partial charge < -0.3 is 10.1 Å². The molecule has 0 bridgehead atoms. The molecular formula is C24H22N4O3. The van der Waals surface area contributed by atoms with Gasteiger partial charge in [-0.1, -0.05) is 30.3 Å². The third-order valence-corrected chi connectivity index (χ3v) is 4.93. The number of aryl methyl sites for hydroxylation is 1. The summed E-state index contributed by atoms with van der Waals surface area (Å²) in [5.74, 6) is 0.172. The van der Waals surface area contributed by atoms with Crippen molar-refractivity contribution < 1.29 is 9.53 Å². The molecule has 0 atom stereocenters. The Morgan fingerprint density at radius 1 is 1.03 bits per heavy atom. The number of amides is 1. The maximum Gasteiger partial charge on any atom is 0.288 e. The molecule has 0 fully saturated rings. The lowest BCUT2D eigenvalue weighted by atomic mass is 10.1. The van der Waals surface area contributed by atoms with E-state index >= 15 is 0 Å². The number of fused-ring (bicyclic) bond motifs is 1. The molecule has 0 unspecified atom stereocenters. The van der Waals surface area contributed by atoms with Crippen LogP contribution in [0.15, 0.2) is 77.7 Å². The highest BCUT2D eigenvalue weighted by Gasteiger charge is 2.19. The van der Waals surface area contributed by atoms with Crippen LogP contribution < -0.4 is 15.6 Å². The van der Waals surface area contributed by atoms with Crippen LogP contribution in [0.5, 0.6) is 5.75 Å². The topological polar surface area (TPSA) is 86.1 Å². The highest BCUT2D eigenvalue weighted by molar-refractivity contribution is 5.93. The minimum Gasteiger partial charge on any atom is -0.497 e. The van der Waals surface area contributed by atoms with Crippen molar-refractivity contribution in [3.63, 3.8) is 0 Å². The molecule has 2 aromatic heterocycles. The molecule has 1 N–H and O–H groups in total. The molecule has 7 heteroatoms. The molecule has 0 saturated carbocycles. The van der Waals surface area contributed by atoms with Crippen LogP contribution in [0.4, 0.5) is 0 Å². The fraction of sp³-hybridized carbons (Fsp3) is 0.167. The lowest BCUT2D eigenvalue weighted by Crippen LogP contribution is -2.35. The molecule has 31 heavy (non-hydrogen) atoms. The van der Waals surface area contributed by atoms with Gasteiger partial charge in [0.05, 0.1) is 12.8 Å². The largest absolute Gasteiger partial charge is 0.497 e. The van der Waals surface area contributed by atoms with Crippen LogP contribution in [-0.4, -0.2) is 34.1 Å². The van der Waals surface area contributed by atoms with Crippen molar-refractivity contribution >= 4 is 17.1 Å². The van der Waals surface area contributed by atoms with E-state index in [-0.39, 0.29) is 5.69 Å². The highest BCUT2D eigenvalue weighted by atomic mass is 16.5. The Labute approximate surface area is 179 Å². The molecule has 4 rings (SSSR count). The number of nitrogens with zero attached hydrogens (tertiary/aromatic N) is 3. The van der Waals surface area contributed by atoms with E-state index in [2.05, 4.69) is 15.3 Å². The normalized spacial score (nSPS) is 10.7. The number of pyridine rings is 1. The fourth-order valence-electron chi connectivity index (χ4n) is 3.36. The van der Waals surface area contributed by atoms with Crippen molar-refractivity contribution in [3.8, 4) is 11.4 Å². The smallest absolute Gasteiger partial charge is 0.288 e. The number of hydrogen-bond acceptors (Lipinski definition) is 5. The van der Waals surface area contributed by atoms with Crippen molar-refractivity contribution in [1.82, 2.24) is 19.9 Å². The van der Waals surface area contributed by atoms with Gasteiger partial charge in [-0.2, -0.15) is 0 Å². The number of carbonyl (C=O) groups is 1. The second-order valence-corrected chi connectivity index (χ2v) is 6.99. The van der Waals surface area contributed by atoms with E-state index < -0.39 is 11.5 Å². The summed E-state index contributed by atoms with van der Waals surface area (Å²) in [6, 6.07) is 20.5. The van der Waals surface area contributed by atoms with E-state index in [0.29, 0.717) is 29.1 Å². The first-order valence-electron chi connectivity index (χ1n) is 10.0. The van der Waals surface area contributed by atoms with Gasteiger partial charge in [-0.05, 0) is 54.8 Å². The molecule has 0 aliphatic carbocycles. The number of rotatable bonds is 7. The van der Waals surface area contributed by atoms with Gasteiger partial charge in [0.2, 0.25) is 0 Å². The van der Waals surface area contributed by atoms with Crippen LogP contribution in [0.2, 0.25) is 0 Å². The Kier molecular flexibility index (Phi) is 6.03. The molecule has 1 amide bonds. The summed E-state index contributed by atoms with van der Waals surface area (Å²) in [6.45, 7) is 0.447. The second-order valence-electron chi connectivity index (χ2n) is 6.99. The van der Waals surface area contributed by atoms with Crippen LogP contribution in [0.3, 0.4) is 0 Å². The van der Waals surface area contributed by atoms with Gasteiger partial charge in [-0.15, -0.1) is 0 Å². The van der Waals surface area contributed by atoms with E-state index in [4.69, 9.17) is 4.74 Å². The van der Waals surface area contributed by atoms with Gasteiger partial charge in [0, 0.05) is 12.7 Å². The minimum atomic E-state index is -0.517. The summed E-state index contributed by atoms with van der Waals surface area (Å²) >= 11 is 0. The summed E-state index contributed by atoms with van der Waals surface area (Å²) in [7, 11) is 1.57. The number of benzene rings is 2. The third-order valence-electron chi connectivity index (χ3n) is 4.93. The summed E-state index contributed by atoms with van der Waals surface area (Å²) in [5, 5.41) is 2.82. The zero-order valence-corrected chi connectivity index (χ0v) is 17.1. The van der Waals surface area contributed by atoms with Gasteiger partial charge in [0.1, 0.15) is 11.3 Å². The Balaban J connectivity index is 1.61. The number of methoxy groups -OCH3 is 1. The zero-order valence-electron chi connectivity index (χ0n) is 17.1. The predicted molar refractivity (Wildman–Crippen MR) is 119 cm³/mol. The third kappa shape index (κ3) is 4.45. The van der Waals surface area contributed by atoms with Gasteiger partial charge in [0.25, 0.3) is 11.5 Å². The van der Waals surface area contributed by atoms with Crippen LogP contribution in [0.1, 0.15) is 22.5 Å². The number of nitrogens with one attached hydrogen (secondary N) is 1. The Morgan fingerprint density at radius 3 is 2.55 bits per heavy atom. The summed E-state index contributed by atoms with van der Waals surface area (Å²) in [5.41, 5.74) is 1.96. The number of hydrogen-bond donors (Lipinski definition) is 1. The van der Waals surface area contributed by atoms with Crippen molar-refractivity contribution in [2.45, 2.75) is 12.8 Å². The first-order chi connectivity index (χ1) is 15.2. The zero-order chi connectivity index (χ0) is 21.6. The average Bonchev–Trinajstić information content (AvgIpc) is 2.82. The summed E-state index contributed by atoms with van der Waals surface area (Å²) < 4.78 is 6.60. The lowest BCUT2D eigenvalue weighted by molar-refractivity contribution is 0.0946. The van der Waals surface area contributed by atoms with Crippen LogP contribution >= 0.6 is 0 Å². The van der Waals surface area contributed by atoms with Crippen molar-refractivity contribution in [1.29, 1.82) is 0 Å². The number of ether oxygens (including phenoxy) is 1. The van der Waals surface area contributed by atoms with Crippen LogP contribution in [0, 0.1) is 0 Å². The van der Waals surface area contributed by atoms with Crippen molar-refractivity contribution in [2.75, 3.05) is 13.7 Å². The standard InChI is InChI=1S/C24H22N4O3/c1-31-19-13-11-18(12-14-19)28-22-20(10-6-15-25-22)27-21(24(28)30)23(29)26-16-5-9-17-7-3-2-4-8-17/h2-4,6-8,10-15H,5,9,16H2,1H3,(H,26,29). The van der Waals surface area contributed by atoms with E-state index in [9.17, 15) is 9.59 Å². The molecular weight excluding hydrogens is 392 g/mol. The first-order valence-corrected chi connectivity index (χ1v) is 10.0. The Bertz CT molecular complexity index is 1250. The maximum atomic E-state index is 13.2. The van der Waals surface area contributed by atoms with Crippen molar-refractivity contribution in [3.05, 3.63) is 94.5 Å². The summed E-state index contributed by atoms with van der Waals surface area (Å²) in [6.07, 6.45) is 3.19. The second kappa shape index (κ2) is 9.21. The molecule has 0 aliphatic heterocycles. The van der Waals surface area contributed by atoms with Gasteiger partial charge in [0.15, 0.2) is 11.3 Å². The van der Waals surface area contributed by atoms with E-state index in [0.717, 1.165) is 12.8 Å². The molecule has 2 aromatic carbocycles. The first kappa shape index (κ1) is 20.3. The monoisotopic (exact) mass is 414 g/mol. The van der Waals surface area contributed by atoms with Crippen molar-refractivity contribution in [2.24, 2.45) is 0 Å². The van der Waals surface area contributed by atoms with Gasteiger partial charge in [-0.3, -0.25) is 14.2 Å². The van der Waals surface area contributed by atoms with Gasteiger partial charge >= 0.3 is 0 Å². The molecule has 0 radical (unpaired) electrons. The fourth-order valence-corrected chi connectivity index (χ4v) is 3.36. The quantitative estimate of drug-likeness (QED) is 0.470. The number of carbonyl (C=O) groups excluding carboxylic acids is 1. The molecule has 0 aliphatic rings. The molecule has 4 aromatic rings. The van der Waals surface area contributed by atoms with Gasteiger partial charge in [-0.25, -0.2) is 9.97 Å². The Morgan fingerprint density at radius 2 is 1.81 bits per heavy atom. The minimum absolute atomic E-state index is 0.156. The average molecular weight is 414 g/mol.